The third-order valence-corrected chi connectivity index (χ3v) is 2.60. The summed E-state index contributed by atoms with van der Waals surface area (Å²) in [7, 11) is 0. The monoisotopic (exact) mass is 221 g/mol. The molecule has 0 saturated carbocycles. The van der Waals surface area contributed by atoms with Gasteiger partial charge in [0.25, 0.3) is 0 Å². The minimum absolute atomic E-state index is 0.0925. The molecule has 0 bridgehead atoms. The van der Waals surface area contributed by atoms with Gasteiger partial charge in [0, 0.05) is 18.9 Å². The zero-order chi connectivity index (χ0) is 11.2. The quantitative estimate of drug-likeness (QED) is 0.724. The lowest BCUT2D eigenvalue weighted by Crippen LogP contribution is -2.17. The summed E-state index contributed by atoms with van der Waals surface area (Å²) in [5, 5.41) is 3.25. The lowest BCUT2D eigenvalue weighted by Gasteiger charge is -2.08. The van der Waals surface area contributed by atoms with Crippen LogP contribution >= 0.6 is 0 Å². The van der Waals surface area contributed by atoms with Crippen molar-refractivity contribution in [3.05, 3.63) is 24.3 Å². The minimum atomic E-state index is -0.112. The van der Waals surface area contributed by atoms with Crippen LogP contribution in [0.1, 0.15) is 16.9 Å². The van der Waals surface area contributed by atoms with Crippen molar-refractivity contribution >= 4 is 5.78 Å². The maximum atomic E-state index is 11.6. The molecule has 1 atom stereocenters. The molecule has 2 heterocycles. The summed E-state index contributed by atoms with van der Waals surface area (Å²) in [5.41, 5.74) is 0.368. The molecule has 1 saturated heterocycles. The van der Waals surface area contributed by atoms with Crippen LogP contribution < -0.4 is 5.32 Å². The highest BCUT2D eigenvalue weighted by Crippen LogP contribution is 2.07. The van der Waals surface area contributed by atoms with Gasteiger partial charge >= 0.3 is 0 Å². The average Bonchev–Trinajstić information content (AvgIpc) is 2.83. The number of hydrogen-bond acceptors (Lipinski definition) is 5. The first-order chi connectivity index (χ1) is 7.86. The highest BCUT2D eigenvalue weighted by Gasteiger charge is 2.15. The van der Waals surface area contributed by atoms with E-state index in [2.05, 4.69) is 15.3 Å². The first-order valence-corrected chi connectivity index (χ1v) is 5.44. The number of nitrogens with one attached hydrogen (secondary N) is 1. The summed E-state index contributed by atoms with van der Waals surface area (Å²) >= 11 is 0. The third-order valence-electron chi connectivity index (χ3n) is 2.60. The molecule has 0 aromatic carbocycles. The highest BCUT2D eigenvalue weighted by atomic mass is 16.5. The standard InChI is InChI=1S/C11H15N3O2/c15-11(10-6-13-3-4-14-10)8-16-7-9-1-2-12-5-9/h3-4,6,9,12H,1-2,5,7-8H2/t9-/m1/s1. The fourth-order valence-corrected chi connectivity index (χ4v) is 1.69. The van der Waals surface area contributed by atoms with Crippen LogP contribution in [0.2, 0.25) is 0 Å². The van der Waals surface area contributed by atoms with E-state index in [1.54, 1.807) is 6.20 Å². The van der Waals surface area contributed by atoms with Crippen molar-refractivity contribution in [1.82, 2.24) is 15.3 Å². The first-order valence-electron chi connectivity index (χ1n) is 5.44. The van der Waals surface area contributed by atoms with Crippen LogP contribution in [0.3, 0.4) is 0 Å². The number of aromatic nitrogens is 2. The van der Waals surface area contributed by atoms with Gasteiger partial charge in [-0.05, 0) is 18.9 Å². The zero-order valence-electron chi connectivity index (χ0n) is 9.06. The number of ketones is 1. The first kappa shape index (κ1) is 11.2. The molecule has 0 spiro atoms. The molecule has 0 radical (unpaired) electrons. The molecule has 0 aliphatic carbocycles. The van der Waals surface area contributed by atoms with Gasteiger partial charge in [0.15, 0.2) is 0 Å². The van der Waals surface area contributed by atoms with Crippen molar-refractivity contribution in [2.24, 2.45) is 5.92 Å². The van der Waals surface area contributed by atoms with Gasteiger partial charge in [0.1, 0.15) is 12.3 Å². The molecular weight excluding hydrogens is 206 g/mol. The van der Waals surface area contributed by atoms with E-state index in [0.29, 0.717) is 18.2 Å². The number of carbonyl (C=O) groups excluding carboxylic acids is 1. The number of hydrogen-bond donors (Lipinski definition) is 1. The smallest absolute Gasteiger partial charge is 0.208 e. The van der Waals surface area contributed by atoms with Crippen LogP contribution in [0.15, 0.2) is 18.6 Å². The van der Waals surface area contributed by atoms with Crippen molar-refractivity contribution in [3.8, 4) is 0 Å². The predicted octanol–water partition coefficient (Wildman–Crippen LogP) is 0.285. The zero-order valence-corrected chi connectivity index (χ0v) is 9.06. The lowest BCUT2D eigenvalue weighted by molar-refractivity contribution is 0.0687. The molecule has 16 heavy (non-hydrogen) atoms. The minimum Gasteiger partial charge on any atom is -0.373 e. The van der Waals surface area contributed by atoms with Gasteiger partial charge in [0.2, 0.25) is 5.78 Å². The summed E-state index contributed by atoms with van der Waals surface area (Å²) in [5.74, 6) is 0.425. The highest BCUT2D eigenvalue weighted by molar-refractivity contribution is 5.94. The molecule has 1 aliphatic rings. The second-order valence-corrected chi connectivity index (χ2v) is 3.89. The molecule has 86 valence electrons. The van der Waals surface area contributed by atoms with Gasteiger partial charge in [-0.15, -0.1) is 0 Å². The summed E-state index contributed by atoms with van der Waals surface area (Å²) in [6.07, 6.45) is 5.64. The Morgan fingerprint density at radius 3 is 3.19 bits per heavy atom. The molecule has 5 nitrogen and oxygen atoms in total. The third kappa shape index (κ3) is 3.08. The van der Waals surface area contributed by atoms with Crippen LogP contribution in [0.25, 0.3) is 0 Å². The van der Waals surface area contributed by atoms with Crippen molar-refractivity contribution in [2.45, 2.75) is 6.42 Å². The SMILES string of the molecule is O=C(COC[C@@H]1CCNC1)c1cnccn1. The van der Waals surface area contributed by atoms with E-state index >= 15 is 0 Å². The van der Waals surface area contributed by atoms with Crippen molar-refractivity contribution in [2.75, 3.05) is 26.3 Å². The maximum absolute atomic E-state index is 11.6. The summed E-state index contributed by atoms with van der Waals surface area (Å²) in [6.45, 7) is 2.76. The molecule has 1 aromatic heterocycles. The molecular formula is C11H15N3O2. The Morgan fingerprint density at radius 2 is 2.50 bits per heavy atom. The average molecular weight is 221 g/mol. The van der Waals surface area contributed by atoms with E-state index < -0.39 is 0 Å². The fourth-order valence-electron chi connectivity index (χ4n) is 1.69. The van der Waals surface area contributed by atoms with Crippen LogP contribution in [-0.2, 0) is 4.74 Å². The van der Waals surface area contributed by atoms with Crippen molar-refractivity contribution in [3.63, 3.8) is 0 Å². The second kappa shape index (κ2) is 5.67. The van der Waals surface area contributed by atoms with Crippen molar-refractivity contribution < 1.29 is 9.53 Å². The second-order valence-electron chi connectivity index (χ2n) is 3.89. The molecule has 0 amide bonds. The van der Waals surface area contributed by atoms with Gasteiger partial charge in [0.05, 0.1) is 12.8 Å². The van der Waals surface area contributed by atoms with Crippen LogP contribution in [0.4, 0.5) is 0 Å². The van der Waals surface area contributed by atoms with Crippen LogP contribution in [-0.4, -0.2) is 42.1 Å². The Balaban J connectivity index is 1.71. The predicted molar refractivity (Wildman–Crippen MR) is 58.2 cm³/mol. The Bertz CT molecular complexity index is 336. The number of ether oxygens (including phenoxy) is 1. The Morgan fingerprint density at radius 1 is 1.56 bits per heavy atom. The molecule has 1 fully saturated rings. The van der Waals surface area contributed by atoms with E-state index in [1.165, 1.54) is 12.4 Å². The van der Waals surface area contributed by atoms with Gasteiger partial charge in [-0.2, -0.15) is 0 Å². The van der Waals surface area contributed by atoms with E-state index in [4.69, 9.17) is 4.74 Å². The van der Waals surface area contributed by atoms with Gasteiger partial charge < -0.3 is 10.1 Å². The van der Waals surface area contributed by atoms with Gasteiger partial charge in [-0.3, -0.25) is 9.78 Å². The maximum Gasteiger partial charge on any atom is 0.208 e. The van der Waals surface area contributed by atoms with E-state index in [9.17, 15) is 4.79 Å². The molecule has 5 heteroatoms. The van der Waals surface area contributed by atoms with Crippen molar-refractivity contribution in [1.29, 1.82) is 0 Å². The topological polar surface area (TPSA) is 64.1 Å². The molecule has 1 aliphatic heterocycles. The Hall–Kier alpha value is -1.33. The Labute approximate surface area is 94.2 Å². The molecule has 0 unspecified atom stereocenters. The van der Waals surface area contributed by atoms with Crippen LogP contribution in [0, 0.1) is 5.92 Å². The lowest BCUT2D eigenvalue weighted by atomic mass is 10.1. The summed E-state index contributed by atoms with van der Waals surface area (Å²) in [6, 6.07) is 0. The Kier molecular flexibility index (Phi) is 3.96. The van der Waals surface area contributed by atoms with E-state index in [0.717, 1.165) is 19.5 Å². The normalized spacial score (nSPS) is 19.9. The largest absolute Gasteiger partial charge is 0.373 e. The number of nitrogens with zero attached hydrogens (tertiary/aromatic N) is 2. The summed E-state index contributed by atoms with van der Waals surface area (Å²) < 4.78 is 5.38. The fraction of sp³-hybridized carbons (Fsp3) is 0.545. The number of Topliss-reactive ketones (excluding diaryl/α,β-unsaturated/α-hetero) is 1. The molecule has 2 rings (SSSR count). The molecule has 1 N–H and O–H groups in total. The number of rotatable bonds is 5. The van der Waals surface area contributed by atoms with E-state index in [-0.39, 0.29) is 12.4 Å². The number of carbonyl (C=O) groups is 1. The van der Waals surface area contributed by atoms with Crippen LogP contribution in [0.5, 0.6) is 0 Å². The summed E-state index contributed by atoms with van der Waals surface area (Å²) in [4.78, 5) is 19.3. The van der Waals surface area contributed by atoms with E-state index in [1.807, 2.05) is 0 Å². The van der Waals surface area contributed by atoms with Gasteiger partial charge in [-0.25, -0.2) is 4.98 Å². The van der Waals surface area contributed by atoms with Gasteiger partial charge in [-0.1, -0.05) is 0 Å². The molecule has 1 aromatic rings.